The minimum absolute atomic E-state index is 0.324. The van der Waals surface area contributed by atoms with Crippen molar-refractivity contribution in [3.05, 3.63) is 35.4 Å². The van der Waals surface area contributed by atoms with Gasteiger partial charge in [0.25, 0.3) is 0 Å². The van der Waals surface area contributed by atoms with E-state index in [1.54, 1.807) is 0 Å². The molecule has 0 unspecified atom stereocenters. The van der Waals surface area contributed by atoms with Gasteiger partial charge in [-0.25, -0.2) is 4.79 Å². The lowest BCUT2D eigenvalue weighted by atomic mass is 9.79. The highest BCUT2D eigenvalue weighted by Gasteiger charge is 2.38. The van der Waals surface area contributed by atoms with Crippen LogP contribution in [0, 0.1) is 12.3 Å². The lowest BCUT2D eigenvalue weighted by Gasteiger charge is -2.37. The molecule has 1 aromatic rings. The second-order valence-corrected chi connectivity index (χ2v) is 7.71. The highest BCUT2D eigenvalue weighted by molar-refractivity contribution is 5.80. The number of esters is 2. The highest BCUT2D eigenvalue weighted by atomic mass is 16.6. The number of hydrogen-bond donors (Lipinski definition) is 0. The van der Waals surface area contributed by atoms with E-state index in [9.17, 15) is 9.59 Å². The Kier molecular flexibility index (Phi) is 6.26. The molecule has 0 radical (unpaired) electrons. The molecule has 4 nitrogen and oxygen atoms in total. The summed E-state index contributed by atoms with van der Waals surface area (Å²) >= 11 is 0. The summed E-state index contributed by atoms with van der Waals surface area (Å²) in [5.41, 5.74) is 1.04. The predicted octanol–water partition coefficient (Wildman–Crippen LogP) is 4.68. The van der Waals surface area contributed by atoms with Crippen molar-refractivity contribution in [3.63, 3.8) is 0 Å². The molecule has 2 rings (SSSR count). The molecule has 1 saturated carbocycles. The maximum absolute atomic E-state index is 12.4. The van der Waals surface area contributed by atoms with E-state index in [-0.39, 0.29) is 12.6 Å². The van der Waals surface area contributed by atoms with E-state index >= 15 is 0 Å². The standard InChI is InChI=1S/C21H30O4/c1-5-20(3,4)19(23)24-15-18(22)25-21(13-7-6-8-14-21)17-11-9-16(2)10-12-17/h9-12H,5-8,13-15H2,1-4H3. The molecule has 1 fully saturated rings. The maximum atomic E-state index is 12.4. The average molecular weight is 346 g/mol. The first-order valence-electron chi connectivity index (χ1n) is 9.25. The third-order valence-electron chi connectivity index (χ3n) is 5.31. The lowest BCUT2D eigenvalue weighted by Crippen LogP contribution is -2.37. The van der Waals surface area contributed by atoms with Gasteiger partial charge in [0.15, 0.2) is 6.61 Å². The van der Waals surface area contributed by atoms with Crippen LogP contribution < -0.4 is 0 Å². The summed E-state index contributed by atoms with van der Waals surface area (Å²) in [7, 11) is 0. The molecule has 4 heteroatoms. The minimum Gasteiger partial charge on any atom is -0.453 e. The van der Waals surface area contributed by atoms with Crippen molar-refractivity contribution in [1.82, 2.24) is 0 Å². The van der Waals surface area contributed by atoms with Crippen LogP contribution >= 0.6 is 0 Å². The van der Waals surface area contributed by atoms with Crippen LogP contribution in [0.1, 0.15) is 70.4 Å². The first-order valence-corrected chi connectivity index (χ1v) is 9.25. The third kappa shape index (κ3) is 4.83. The Bertz CT molecular complexity index is 595. The van der Waals surface area contributed by atoms with Crippen LogP contribution in [0.15, 0.2) is 24.3 Å². The van der Waals surface area contributed by atoms with Gasteiger partial charge in [0.1, 0.15) is 5.60 Å². The summed E-state index contributed by atoms with van der Waals surface area (Å²) < 4.78 is 11.1. The summed E-state index contributed by atoms with van der Waals surface area (Å²) in [6.07, 6.45) is 5.51. The highest BCUT2D eigenvalue weighted by Crippen LogP contribution is 2.40. The molecule has 0 saturated heterocycles. The molecule has 0 atom stereocenters. The quantitative estimate of drug-likeness (QED) is 0.702. The molecule has 138 valence electrons. The van der Waals surface area contributed by atoms with Crippen molar-refractivity contribution in [2.75, 3.05) is 6.61 Å². The average Bonchev–Trinajstić information content (AvgIpc) is 2.60. The maximum Gasteiger partial charge on any atom is 0.345 e. The second kappa shape index (κ2) is 8.03. The topological polar surface area (TPSA) is 52.6 Å². The van der Waals surface area contributed by atoms with E-state index < -0.39 is 17.0 Å². The van der Waals surface area contributed by atoms with E-state index in [0.29, 0.717) is 6.42 Å². The zero-order chi connectivity index (χ0) is 18.5. The van der Waals surface area contributed by atoms with Crippen LogP contribution in [-0.2, 0) is 24.7 Å². The van der Waals surface area contributed by atoms with E-state index in [2.05, 4.69) is 0 Å². The first-order chi connectivity index (χ1) is 11.8. The normalized spacial score (nSPS) is 17.0. The zero-order valence-electron chi connectivity index (χ0n) is 15.9. The predicted molar refractivity (Wildman–Crippen MR) is 97.1 cm³/mol. The zero-order valence-corrected chi connectivity index (χ0v) is 15.9. The Morgan fingerprint density at radius 1 is 1.08 bits per heavy atom. The summed E-state index contributed by atoms with van der Waals surface area (Å²) in [6.45, 7) is 7.27. The van der Waals surface area contributed by atoms with E-state index in [0.717, 1.165) is 37.7 Å². The van der Waals surface area contributed by atoms with Gasteiger partial charge >= 0.3 is 11.9 Å². The Hall–Kier alpha value is -1.84. The lowest BCUT2D eigenvalue weighted by molar-refractivity contribution is -0.177. The Labute approximate surface area is 150 Å². The van der Waals surface area contributed by atoms with Crippen LogP contribution in [0.2, 0.25) is 0 Å². The van der Waals surface area contributed by atoms with Crippen LogP contribution in [0.5, 0.6) is 0 Å². The molecule has 0 N–H and O–H groups in total. The number of carbonyl (C=O) groups is 2. The smallest absolute Gasteiger partial charge is 0.345 e. The molecule has 1 aliphatic carbocycles. The number of rotatable bonds is 6. The number of hydrogen-bond acceptors (Lipinski definition) is 4. The molecule has 1 aromatic carbocycles. The fourth-order valence-electron chi connectivity index (χ4n) is 3.14. The van der Waals surface area contributed by atoms with Crippen LogP contribution in [0.3, 0.4) is 0 Å². The molecule has 0 amide bonds. The van der Waals surface area contributed by atoms with Gasteiger partial charge in [0.05, 0.1) is 5.41 Å². The molecule has 25 heavy (non-hydrogen) atoms. The fraction of sp³-hybridized carbons (Fsp3) is 0.619. The number of benzene rings is 1. The van der Waals surface area contributed by atoms with Crippen molar-refractivity contribution < 1.29 is 19.1 Å². The molecule has 1 aliphatic rings. The Morgan fingerprint density at radius 2 is 1.68 bits per heavy atom. The van der Waals surface area contributed by atoms with Crippen LogP contribution in [0.4, 0.5) is 0 Å². The van der Waals surface area contributed by atoms with Crippen LogP contribution in [0.25, 0.3) is 0 Å². The van der Waals surface area contributed by atoms with Gasteiger partial charge in [-0.05, 0) is 58.4 Å². The van der Waals surface area contributed by atoms with E-state index in [4.69, 9.17) is 9.47 Å². The number of carbonyl (C=O) groups excluding carboxylic acids is 2. The van der Waals surface area contributed by atoms with E-state index in [1.165, 1.54) is 5.56 Å². The fourth-order valence-corrected chi connectivity index (χ4v) is 3.14. The molecule has 0 aromatic heterocycles. The molecule has 0 spiro atoms. The summed E-state index contributed by atoms with van der Waals surface area (Å²) in [4.78, 5) is 24.4. The van der Waals surface area contributed by atoms with Gasteiger partial charge in [-0.1, -0.05) is 43.2 Å². The van der Waals surface area contributed by atoms with Crippen molar-refractivity contribution >= 4 is 11.9 Å². The van der Waals surface area contributed by atoms with E-state index in [1.807, 2.05) is 52.0 Å². The monoisotopic (exact) mass is 346 g/mol. The molecule has 0 bridgehead atoms. The number of ether oxygens (including phenoxy) is 2. The Balaban J connectivity index is 2.06. The SMILES string of the molecule is CCC(C)(C)C(=O)OCC(=O)OC1(c2ccc(C)cc2)CCCCC1. The minimum atomic E-state index is -0.588. The van der Waals surface area contributed by atoms with Crippen molar-refractivity contribution in [2.24, 2.45) is 5.41 Å². The third-order valence-corrected chi connectivity index (χ3v) is 5.31. The van der Waals surface area contributed by atoms with Gasteiger partial charge in [-0.3, -0.25) is 4.79 Å². The van der Waals surface area contributed by atoms with Gasteiger partial charge in [-0.15, -0.1) is 0 Å². The first kappa shape index (κ1) is 19.5. The van der Waals surface area contributed by atoms with Gasteiger partial charge in [0, 0.05) is 0 Å². The van der Waals surface area contributed by atoms with Crippen molar-refractivity contribution in [1.29, 1.82) is 0 Å². The summed E-state index contributed by atoms with van der Waals surface area (Å²) in [5, 5.41) is 0. The van der Waals surface area contributed by atoms with Gasteiger partial charge in [-0.2, -0.15) is 0 Å². The Morgan fingerprint density at radius 3 is 2.24 bits per heavy atom. The van der Waals surface area contributed by atoms with Crippen molar-refractivity contribution in [2.45, 2.75) is 71.8 Å². The molecular formula is C21H30O4. The molecular weight excluding hydrogens is 316 g/mol. The van der Waals surface area contributed by atoms with Gasteiger partial charge < -0.3 is 9.47 Å². The number of aryl methyl sites for hydroxylation is 1. The summed E-state index contributed by atoms with van der Waals surface area (Å²) in [5.74, 6) is -0.831. The van der Waals surface area contributed by atoms with Crippen LogP contribution in [-0.4, -0.2) is 18.5 Å². The summed E-state index contributed by atoms with van der Waals surface area (Å²) in [6, 6.07) is 8.17. The molecule has 0 aliphatic heterocycles. The largest absolute Gasteiger partial charge is 0.453 e. The second-order valence-electron chi connectivity index (χ2n) is 7.71. The van der Waals surface area contributed by atoms with Crippen molar-refractivity contribution in [3.8, 4) is 0 Å². The molecule has 0 heterocycles. The van der Waals surface area contributed by atoms with Gasteiger partial charge in [0.2, 0.25) is 0 Å².